The van der Waals surface area contributed by atoms with Gasteiger partial charge in [0.05, 0.1) is 11.7 Å². The molecule has 1 unspecified atom stereocenters. The first-order valence-electron chi connectivity index (χ1n) is 6.70. The molecule has 1 amide bonds. The summed E-state index contributed by atoms with van der Waals surface area (Å²) in [5.74, 6) is 0.127. The number of hydrogen-bond acceptors (Lipinski definition) is 3. The first-order valence-corrected chi connectivity index (χ1v) is 6.70. The summed E-state index contributed by atoms with van der Waals surface area (Å²) in [6.07, 6.45) is 5.72. The number of carbonyl (C=O) groups excluding carboxylic acids is 1. The van der Waals surface area contributed by atoms with E-state index < -0.39 is 0 Å². The quantitative estimate of drug-likeness (QED) is 0.737. The molecule has 1 fully saturated rings. The van der Waals surface area contributed by atoms with E-state index in [2.05, 4.69) is 27.8 Å². The number of H-pyrrole nitrogens is 1. The zero-order valence-electron chi connectivity index (χ0n) is 11.2. The minimum absolute atomic E-state index is 0.127. The Morgan fingerprint density at radius 1 is 1.61 bits per heavy atom. The lowest BCUT2D eigenvalue weighted by molar-refractivity contribution is -0.127. The van der Waals surface area contributed by atoms with Crippen molar-refractivity contribution in [1.82, 2.24) is 20.8 Å². The highest BCUT2D eigenvalue weighted by atomic mass is 16.2. The Bertz CT molecular complexity index is 407. The highest BCUT2D eigenvalue weighted by Gasteiger charge is 2.39. The van der Waals surface area contributed by atoms with Crippen molar-refractivity contribution in [3.63, 3.8) is 0 Å². The molecule has 0 spiro atoms. The van der Waals surface area contributed by atoms with E-state index in [1.165, 1.54) is 0 Å². The summed E-state index contributed by atoms with van der Waals surface area (Å²) in [6, 6.07) is 0. The first-order chi connectivity index (χ1) is 8.68. The molecule has 2 rings (SSSR count). The molecule has 1 atom stereocenters. The standard InChI is InChI=1S/C13H22N4O/c1-3-5-13(6-4-7-15-13)12(18)14-8-11-9-16-17-10(11)2/h9,15H,3-8H2,1-2H3,(H,14,18)(H,16,17). The van der Waals surface area contributed by atoms with Crippen molar-refractivity contribution in [3.8, 4) is 0 Å². The number of aryl methyl sites for hydroxylation is 1. The molecule has 1 aromatic rings. The van der Waals surface area contributed by atoms with Crippen molar-refractivity contribution in [2.45, 2.75) is 51.6 Å². The van der Waals surface area contributed by atoms with Gasteiger partial charge in [0.2, 0.25) is 5.91 Å². The van der Waals surface area contributed by atoms with Gasteiger partial charge in [0.25, 0.3) is 0 Å². The molecule has 2 heterocycles. The van der Waals surface area contributed by atoms with Crippen molar-refractivity contribution in [2.75, 3.05) is 6.54 Å². The minimum Gasteiger partial charge on any atom is -0.350 e. The normalized spacial score (nSPS) is 23.2. The van der Waals surface area contributed by atoms with Gasteiger partial charge in [-0.25, -0.2) is 0 Å². The van der Waals surface area contributed by atoms with E-state index in [1.807, 2.05) is 6.92 Å². The van der Waals surface area contributed by atoms with Crippen LogP contribution in [0.15, 0.2) is 6.20 Å². The van der Waals surface area contributed by atoms with Crippen LogP contribution in [-0.2, 0) is 11.3 Å². The maximum absolute atomic E-state index is 12.4. The Kier molecular flexibility index (Phi) is 4.01. The molecule has 100 valence electrons. The summed E-state index contributed by atoms with van der Waals surface area (Å²) in [6.45, 7) is 5.58. The molecule has 0 radical (unpaired) electrons. The van der Waals surface area contributed by atoms with Crippen molar-refractivity contribution in [3.05, 3.63) is 17.5 Å². The van der Waals surface area contributed by atoms with Gasteiger partial charge in [0, 0.05) is 17.8 Å². The van der Waals surface area contributed by atoms with Crippen LogP contribution in [0.2, 0.25) is 0 Å². The Morgan fingerprint density at radius 2 is 2.44 bits per heavy atom. The van der Waals surface area contributed by atoms with Gasteiger partial charge in [-0.2, -0.15) is 5.10 Å². The molecule has 5 nitrogen and oxygen atoms in total. The third kappa shape index (κ3) is 2.56. The Labute approximate surface area is 108 Å². The van der Waals surface area contributed by atoms with Crippen LogP contribution in [0.4, 0.5) is 0 Å². The van der Waals surface area contributed by atoms with Crippen LogP contribution in [-0.4, -0.2) is 28.2 Å². The van der Waals surface area contributed by atoms with E-state index in [-0.39, 0.29) is 11.4 Å². The molecule has 18 heavy (non-hydrogen) atoms. The van der Waals surface area contributed by atoms with Crippen molar-refractivity contribution in [1.29, 1.82) is 0 Å². The molecule has 0 aromatic carbocycles. The first kappa shape index (κ1) is 13.1. The van der Waals surface area contributed by atoms with Gasteiger partial charge < -0.3 is 10.6 Å². The number of aromatic amines is 1. The predicted octanol–water partition coefficient (Wildman–Crippen LogP) is 1.26. The average Bonchev–Trinajstić information content (AvgIpc) is 2.97. The lowest BCUT2D eigenvalue weighted by Crippen LogP contribution is -2.53. The smallest absolute Gasteiger partial charge is 0.240 e. The number of nitrogens with zero attached hydrogens (tertiary/aromatic N) is 1. The van der Waals surface area contributed by atoms with Gasteiger partial charge in [-0.05, 0) is 32.7 Å². The van der Waals surface area contributed by atoms with Crippen LogP contribution < -0.4 is 10.6 Å². The second-order valence-electron chi connectivity index (χ2n) is 5.07. The minimum atomic E-state index is -0.341. The third-order valence-electron chi connectivity index (χ3n) is 3.73. The summed E-state index contributed by atoms with van der Waals surface area (Å²) in [7, 11) is 0. The summed E-state index contributed by atoms with van der Waals surface area (Å²) >= 11 is 0. The van der Waals surface area contributed by atoms with Crippen molar-refractivity contribution in [2.24, 2.45) is 0 Å². The van der Waals surface area contributed by atoms with Gasteiger partial charge in [0.1, 0.15) is 0 Å². The average molecular weight is 250 g/mol. The van der Waals surface area contributed by atoms with E-state index in [1.54, 1.807) is 6.20 Å². The molecule has 0 bridgehead atoms. The number of carbonyl (C=O) groups is 1. The Hall–Kier alpha value is -1.36. The molecule has 1 aliphatic heterocycles. The van der Waals surface area contributed by atoms with Crippen LogP contribution >= 0.6 is 0 Å². The molecule has 1 aromatic heterocycles. The highest BCUT2D eigenvalue weighted by molar-refractivity contribution is 5.86. The van der Waals surface area contributed by atoms with Crippen LogP contribution in [0.25, 0.3) is 0 Å². The van der Waals surface area contributed by atoms with E-state index in [0.29, 0.717) is 6.54 Å². The maximum atomic E-state index is 12.4. The number of amides is 1. The topological polar surface area (TPSA) is 69.8 Å². The largest absolute Gasteiger partial charge is 0.350 e. The van der Waals surface area contributed by atoms with Crippen LogP contribution in [0.3, 0.4) is 0 Å². The molecule has 3 N–H and O–H groups in total. The predicted molar refractivity (Wildman–Crippen MR) is 70.0 cm³/mol. The molecule has 0 aliphatic carbocycles. The molecule has 1 aliphatic rings. The van der Waals surface area contributed by atoms with Gasteiger partial charge >= 0.3 is 0 Å². The van der Waals surface area contributed by atoms with E-state index in [9.17, 15) is 4.79 Å². The molecular formula is C13H22N4O. The maximum Gasteiger partial charge on any atom is 0.240 e. The van der Waals surface area contributed by atoms with Crippen molar-refractivity contribution >= 4 is 5.91 Å². The van der Waals surface area contributed by atoms with Gasteiger partial charge in [-0.15, -0.1) is 0 Å². The molecule has 0 saturated carbocycles. The fraction of sp³-hybridized carbons (Fsp3) is 0.692. The zero-order valence-corrected chi connectivity index (χ0v) is 11.2. The van der Waals surface area contributed by atoms with E-state index in [4.69, 9.17) is 0 Å². The lowest BCUT2D eigenvalue weighted by atomic mass is 9.91. The van der Waals surface area contributed by atoms with E-state index in [0.717, 1.165) is 43.5 Å². The number of rotatable bonds is 5. The Morgan fingerprint density at radius 3 is 3.00 bits per heavy atom. The van der Waals surface area contributed by atoms with Crippen LogP contribution in [0, 0.1) is 6.92 Å². The number of nitrogens with one attached hydrogen (secondary N) is 3. The van der Waals surface area contributed by atoms with Crippen LogP contribution in [0.5, 0.6) is 0 Å². The summed E-state index contributed by atoms with van der Waals surface area (Å²) < 4.78 is 0. The third-order valence-corrected chi connectivity index (χ3v) is 3.73. The SMILES string of the molecule is CCCC1(C(=O)NCc2cn[nH]c2C)CCCN1. The molecule has 1 saturated heterocycles. The zero-order chi connectivity index (χ0) is 13.0. The molecule has 5 heteroatoms. The summed E-state index contributed by atoms with van der Waals surface area (Å²) in [4.78, 5) is 12.4. The lowest BCUT2D eigenvalue weighted by Gasteiger charge is -2.27. The number of aromatic nitrogens is 2. The number of hydrogen-bond donors (Lipinski definition) is 3. The molecular weight excluding hydrogens is 228 g/mol. The van der Waals surface area contributed by atoms with Gasteiger partial charge in [-0.1, -0.05) is 13.3 Å². The van der Waals surface area contributed by atoms with Crippen molar-refractivity contribution < 1.29 is 4.79 Å². The van der Waals surface area contributed by atoms with E-state index >= 15 is 0 Å². The second-order valence-corrected chi connectivity index (χ2v) is 5.07. The van der Waals surface area contributed by atoms with Gasteiger partial charge in [0.15, 0.2) is 0 Å². The fourth-order valence-corrected chi connectivity index (χ4v) is 2.65. The fourth-order valence-electron chi connectivity index (χ4n) is 2.65. The monoisotopic (exact) mass is 250 g/mol. The highest BCUT2D eigenvalue weighted by Crippen LogP contribution is 2.25. The van der Waals surface area contributed by atoms with Crippen LogP contribution in [0.1, 0.15) is 43.9 Å². The summed E-state index contributed by atoms with van der Waals surface area (Å²) in [5, 5.41) is 13.3. The van der Waals surface area contributed by atoms with Gasteiger partial charge in [-0.3, -0.25) is 9.89 Å². The summed E-state index contributed by atoms with van der Waals surface area (Å²) in [5.41, 5.74) is 1.72. The second kappa shape index (κ2) is 5.52. The Balaban J connectivity index is 1.96.